The van der Waals surface area contributed by atoms with Crippen LogP contribution in [0, 0.1) is 5.82 Å². The Hall–Kier alpha value is -3.34. The smallest absolute Gasteiger partial charge is 0.264 e. The molecule has 0 radical (unpaired) electrons. The third kappa shape index (κ3) is 8.12. The van der Waals surface area contributed by atoms with Crippen LogP contribution in [0.15, 0.2) is 71.6 Å². The van der Waals surface area contributed by atoms with Gasteiger partial charge in [0.25, 0.3) is 10.0 Å². The molecule has 0 unspecified atom stereocenters. The number of amides is 2. The quantitative estimate of drug-likeness (QED) is 0.265. The van der Waals surface area contributed by atoms with Crippen LogP contribution in [0.2, 0.25) is 10.0 Å². The predicted octanol–water partition coefficient (Wildman–Crippen LogP) is 5.67. The Morgan fingerprint density at radius 1 is 1.00 bits per heavy atom. The number of carbonyl (C=O) groups is 2. The van der Waals surface area contributed by atoms with Crippen molar-refractivity contribution in [1.82, 2.24) is 10.2 Å². The lowest BCUT2D eigenvalue weighted by Gasteiger charge is -2.33. The average Bonchev–Trinajstić information content (AvgIpc) is 2.96. The van der Waals surface area contributed by atoms with Crippen LogP contribution in [-0.2, 0) is 26.2 Å². The minimum atomic E-state index is -4.31. The standard InChI is InChI=1S/C29H32Cl2FN3O5S/c1-4-16-33-29(37)27(5-2)34(18-20-6-7-21(30)17-26(20)31)28(36)19-35(23-10-8-22(32)9-11-23)41(38,39)25-14-12-24(40-3)13-15-25/h6-15,17,27H,4-5,16,18-19H2,1-3H3,(H,33,37)/t27-/m1/s1. The normalized spacial score (nSPS) is 12.0. The molecule has 3 aromatic carbocycles. The molecule has 2 amide bonds. The van der Waals surface area contributed by atoms with Gasteiger partial charge in [0.2, 0.25) is 11.8 Å². The summed E-state index contributed by atoms with van der Waals surface area (Å²) < 4.78 is 47.5. The molecule has 0 aromatic heterocycles. The molecular weight excluding hydrogens is 592 g/mol. The highest BCUT2D eigenvalue weighted by Gasteiger charge is 2.34. The van der Waals surface area contributed by atoms with Crippen LogP contribution >= 0.6 is 23.2 Å². The predicted molar refractivity (Wildman–Crippen MR) is 158 cm³/mol. The molecule has 0 saturated carbocycles. The summed E-state index contributed by atoms with van der Waals surface area (Å²) in [5.74, 6) is -1.15. The fourth-order valence-corrected chi connectivity index (χ4v) is 6.01. The van der Waals surface area contributed by atoms with E-state index in [0.717, 1.165) is 16.4 Å². The molecular formula is C29H32Cl2FN3O5S. The van der Waals surface area contributed by atoms with E-state index in [1.54, 1.807) is 19.1 Å². The number of sulfonamides is 1. The summed E-state index contributed by atoms with van der Waals surface area (Å²) in [7, 11) is -2.86. The molecule has 0 aliphatic heterocycles. The van der Waals surface area contributed by atoms with Crippen LogP contribution < -0.4 is 14.4 Å². The second-order valence-corrected chi connectivity index (χ2v) is 11.8. The Morgan fingerprint density at radius 3 is 2.22 bits per heavy atom. The Bertz CT molecular complexity index is 1450. The number of ether oxygens (including phenoxy) is 1. The zero-order valence-corrected chi connectivity index (χ0v) is 25.3. The first-order chi connectivity index (χ1) is 19.5. The number of hydrogen-bond acceptors (Lipinski definition) is 5. The number of rotatable bonds is 13. The third-order valence-corrected chi connectivity index (χ3v) is 8.71. The van der Waals surface area contributed by atoms with E-state index in [2.05, 4.69) is 5.32 Å². The first-order valence-corrected chi connectivity index (χ1v) is 15.1. The molecule has 0 aliphatic carbocycles. The molecule has 220 valence electrons. The molecule has 0 saturated heterocycles. The first-order valence-electron chi connectivity index (χ1n) is 12.9. The molecule has 8 nitrogen and oxygen atoms in total. The lowest BCUT2D eigenvalue weighted by Crippen LogP contribution is -2.52. The Labute approximate surface area is 250 Å². The number of halogens is 3. The maximum Gasteiger partial charge on any atom is 0.264 e. The summed E-state index contributed by atoms with van der Waals surface area (Å²) in [6.07, 6.45) is 0.950. The summed E-state index contributed by atoms with van der Waals surface area (Å²) >= 11 is 12.5. The van der Waals surface area contributed by atoms with Crippen molar-refractivity contribution in [1.29, 1.82) is 0 Å². The summed E-state index contributed by atoms with van der Waals surface area (Å²) in [6.45, 7) is 3.33. The molecule has 0 aliphatic rings. The van der Waals surface area contributed by atoms with E-state index in [0.29, 0.717) is 34.3 Å². The van der Waals surface area contributed by atoms with Crippen molar-refractivity contribution < 1.29 is 27.1 Å². The monoisotopic (exact) mass is 623 g/mol. The van der Waals surface area contributed by atoms with Gasteiger partial charge in [0, 0.05) is 23.1 Å². The zero-order chi connectivity index (χ0) is 30.2. The van der Waals surface area contributed by atoms with Crippen molar-refractivity contribution in [3.05, 3.63) is 88.2 Å². The molecule has 1 N–H and O–H groups in total. The number of hydrogen-bond donors (Lipinski definition) is 1. The highest BCUT2D eigenvalue weighted by atomic mass is 35.5. The number of carbonyl (C=O) groups excluding carboxylic acids is 2. The van der Waals surface area contributed by atoms with Gasteiger partial charge in [-0.2, -0.15) is 0 Å². The Balaban J connectivity index is 2.07. The number of nitrogens with zero attached hydrogens (tertiary/aromatic N) is 2. The van der Waals surface area contributed by atoms with Gasteiger partial charge in [0.1, 0.15) is 24.2 Å². The van der Waals surface area contributed by atoms with Crippen molar-refractivity contribution in [3.63, 3.8) is 0 Å². The lowest BCUT2D eigenvalue weighted by molar-refractivity contribution is -0.140. The van der Waals surface area contributed by atoms with Gasteiger partial charge in [0.05, 0.1) is 17.7 Å². The maximum absolute atomic E-state index is 14.0. The Morgan fingerprint density at radius 2 is 1.66 bits per heavy atom. The van der Waals surface area contributed by atoms with Crippen molar-refractivity contribution in [2.45, 2.75) is 44.2 Å². The molecule has 41 heavy (non-hydrogen) atoms. The van der Waals surface area contributed by atoms with E-state index >= 15 is 0 Å². The van der Waals surface area contributed by atoms with Gasteiger partial charge < -0.3 is 15.0 Å². The molecule has 0 fully saturated rings. The second-order valence-electron chi connectivity index (χ2n) is 9.14. The van der Waals surface area contributed by atoms with Gasteiger partial charge in [-0.25, -0.2) is 12.8 Å². The highest BCUT2D eigenvalue weighted by Crippen LogP contribution is 2.28. The summed E-state index contributed by atoms with van der Waals surface area (Å²) in [4.78, 5) is 28.4. The van der Waals surface area contributed by atoms with Gasteiger partial charge in [-0.15, -0.1) is 0 Å². The minimum Gasteiger partial charge on any atom is -0.497 e. The van der Waals surface area contributed by atoms with E-state index in [9.17, 15) is 22.4 Å². The van der Waals surface area contributed by atoms with Crippen LogP contribution in [0.5, 0.6) is 5.75 Å². The van der Waals surface area contributed by atoms with Gasteiger partial charge in [-0.3, -0.25) is 13.9 Å². The van der Waals surface area contributed by atoms with E-state index in [-0.39, 0.29) is 29.5 Å². The van der Waals surface area contributed by atoms with Gasteiger partial charge in [-0.1, -0.05) is 43.1 Å². The lowest BCUT2D eigenvalue weighted by atomic mass is 10.1. The first kappa shape index (κ1) is 32.2. The minimum absolute atomic E-state index is 0.0727. The number of anilines is 1. The molecule has 1 atom stereocenters. The molecule has 12 heteroatoms. The van der Waals surface area contributed by atoms with Crippen LogP contribution in [0.4, 0.5) is 10.1 Å². The summed E-state index contributed by atoms with van der Waals surface area (Å²) in [6, 6.07) is 14.3. The van der Waals surface area contributed by atoms with Crippen LogP contribution in [-0.4, -0.2) is 51.4 Å². The van der Waals surface area contributed by atoms with E-state index in [1.165, 1.54) is 54.5 Å². The van der Waals surface area contributed by atoms with E-state index in [4.69, 9.17) is 27.9 Å². The molecule has 3 rings (SSSR count). The largest absolute Gasteiger partial charge is 0.497 e. The third-order valence-electron chi connectivity index (χ3n) is 6.33. The summed E-state index contributed by atoms with van der Waals surface area (Å²) in [5, 5.41) is 3.51. The van der Waals surface area contributed by atoms with Crippen molar-refractivity contribution >= 4 is 50.7 Å². The van der Waals surface area contributed by atoms with Crippen LogP contribution in [0.1, 0.15) is 32.3 Å². The van der Waals surface area contributed by atoms with Gasteiger partial charge in [0.15, 0.2) is 0 Å². The maximum atomic E-state index is 14.0. The van der Waals surface area contributed by atoms with Gasteiger partial charge in [-0.05, 0) is 79.1 Å². The Kier molecular flexibility index (Phi) is 11.4. The number of benzene rings is 3. The zero-order valence-electron chi connectivity index (χ0n) is 22.9. The van der Waals surface area contributed by atoms with Gasteiger partial charge >= 0.3 is 0 Å². The molecule has 3 aromatic rings. The van der Waals surface area contributed by atoms with Crippen molar-refractivity contribution in [3.8, 4) is 5.75 Å². The van der Waals surface area contributed by atoms with Crippen molar-refractivity contribution in [2.75, 3.05) is 24.5 Å². The SMILES string of the molecule is CCCNC(=O)[C@@H](CC)N(Cc1ccc(Cl)cc1Cl)C(=O)CN(c1ccc(F)cc1)S(=O)(=O)c1ccc(OC)cc1. The fourth-order valence-electron chi connectivity index (χ4n) is 4.13. The van der Waals surface area contributed by atoms with Crippen LogP contribution in [0.25, 0.3) is 0 Å². The molecule has 0 heterocycles. The van der Waals surface area contributed by atoms with Crippen molar-refractivity contribution in [2.24, 2.45) is 0 Å². The van der Waals surface area contributed by atoms with Crippen LogP contribution in [0.3, 0.4) is 0 Å². The summed E-state index contributed by atoms with van der Waals surface area (Å²) in [5.41, 5.74) is 0.598. The topological polar surface area (TPSA) is 96.0 Å². The fraction of sp³-hybridized carbons (Fsp3) is 0.310. The molecule has 0 bridgehead atoms. The average molecular weight is 625 g/mol. The number of methoxy groups -OCH3 is 1. The second kappa shape index (κ2) is 14.5. The molecule has 0 spiro atoms. The highest BCUT2D eigenvalue weighted by molar-refractivity contribution is 7.92. The number of nitrogens with one attached hydrogen (secondary N) is 1. The van der Waals surface area contributed by atoms with E-state index in [1.807, 2.05) is 6.92 Å². The van der Waals surface area contributed by atoms with E-state index < -0.39 is 34.3 Å².